The summed E-state index contributed by atoms with van der Waals surface area (Å²) in [4.78, 5) is 10.7. The second kappa shape index (κ2) is 12.0. The van der Waals surface area contributed by atoms with E-state index < -0.39 is 23.3 Å². The van der Waals surface area contributed by atoms with Crippen LogP contribution in [0.2, 0.25) is 18.1 Å². The second-order valence-electron chi connectivity index (χ2n) is 11.3. The Labute approximate surface area is 228 Å². The molecule has 0 bridgehead atoms. The molecule has 2 aromatic carbocycles. The summed E-state index contributed by atoms with van der Waals surface area (Å²) in [6.45, 7) is 13.1. The van der Waals surface area contributed by atoms with Crippen molar-refractivity contribution in [1.29, 1.82) is 0 Å². The summed E-state index contributed by atoms with van der Waals surface area (Å²) in [5, 5.41) is 11.0. The first-order valence-electron chi connectivity index (χ1n) is 12.9. The Balaban J connectivity index is 1.91. The van der Waals surface area contributed by atoms with Gasteiger partial charge in [0.15, 0.2) is 8.32 Å². The first-order chi connectivity index (χ1) is 17.7. The Morgan fingerprint density at radius 2 is 1.74 bits per heavy atom. The molecular weight excluding hydrogens is 516 g/mol. The first-order valence-corrected chi connectivity index (χ1v) is 17.2. The van der Waals surface area contributed by atoms with Crippen LogP contribution in [0, 0.1) is 28.9 Å². The van der Waals surface area contributed by atoms with Crippen LogP contribution in [0.4, 0.5) is 5.69 Å². The van der Waals surface area contributed by atoms with E-state index in [2.05, 4.69) is 51.8 Å². The molecule has 0 heterocycles. The molecule has 0 amide bonds. The van der Waals surface area contributed by atoms with Crippen LogP contribution in [-0.4, -0.2) is 45.2 Å². The van der Waals surface area contributed by atoms with Crippen molar-refractivity contribution in [2.24, 2.45) is 0 Å². The van der Waals surface area contributed by atoms with Crippen LogP contribution in [0.5, 0.6) is 0 Å². The van der Waals surface area contributed by atoms with E-state index in [9.17, 15) is 18.5 Å². The molecule has 1 atom stereocenters. The van der Waals surface area contributed by atoms with E-state index in [1.165, 1.54) is 16.4 Å². The largest absolute Gasteiger partial charge is 0.410 e. The van der Waals surface area contributed by atoms with Gasteiger partial charge >= 0.3 is 0 Å². The molecule has 1 aliphatic rings. The first kappa shape index (κ1) is 29.8. The number of hydrogen-bond acceptors (Lipinski definition) is 5. The van der Waals surface area contributed by atoms with Gasteiger partial charge in [-0.3, -0.25) is 10.1 Å². The van der Waals surface area contributed by atoms with Gasteiger partial charge in [-0.1, -0.05) is 56.4 Å². The molecule has 9 heteroatoms. The van der Waals surface area contributed by atoms with Crippen molar-refractivity contribution >= 4 is 24.0 Å². The molecule has 0 aromatic heterocycles. The van der Waals surface area contributed by atoms with Gasteiger partial charge in [-0.05, 0) is 74.2 Å². The van der Waals surface area contributed by atoms with E-state index in [0.717, 1.165) is 30.4 Å². The number of nitro groups is 1. The lowest BCUT2D eigenvalue weighted by atomic mass is 9.96. The van der Waals surface area contributed by atoms with Crippen LogP contribution in [-0.2, 0) is 14.4 Å². The Morgan fingerprint density at radius 1 is 1.11 bits per heavy atom. The van der Waals surface area contributed by atoms with Gasteiger partial charge in [-0.15, -0.1) is 0 Å². The summed E-state index contributed by atoms with van der Waals surface area (Å²) in [6, 6.07) is 12.7. The maximum atomic E-state index is 13.8. The zero-order valence-electron chi connectivity index (χ0n) is 23.2. The molecule has 0 fully saturated rings. The molecule has 38 heavy (non-hydrogen) atoms. The molecule has 204 valence electrons. The fourth-order valence-electron chi connectivity index (χ4n) is 3.93. The van der Waals surface area contributed by atoms with Crippen LogP contribution in [0.15, 0.2) is 65.1 Å². The average Bonchev–Trinajstić information content (AvgIpc) is 2.84. The fraction of sp³-hybridized carbons (Fsp3) is 0.448. The van der Waals surface area contributed by atoms with Crippen LogP contribution >= 0.6 is 0 Å². The Morgan fingerprint density at radius 3 is 2.32 bits per heavy atom. The third-order valence-electron chi connectivity index (χ3n) is 7.32. The van der Waals surface area contributed by atoms with Gasteiger partial charge < -0.3 is 4.43 Å². The minimum atomic E-state index is -3.83. The normalized spacial score (nSPS) is 16.5. The highest BCUT2D eigenvalue weighted by Gasteiger charge is 2.40. The van der Waals surface area contributed by atoms with Gasteiger partial charge in [-0.25, -0.2) is 8.42 Å². The molecule has 2 aromatic rings. The monoisotopic (exact) mass is 554 g/mol. The highest BCUT2D eigenvalue weighted by atomic mass is 32.2. The van der Waals surface area contributed by atoms with E-state index in [1.807, 2.05) is 6.92 Å². The molecule has 0 radical (unpaired) electrons. The van der Waals surface area contributed by atoms with Crippen LogP contribution in [0.3, 0.4) is 0 Å². The van der Waals surface area contributed by atoms with Crippen LogP contribution in [0.1, 0.15) is 51.2 Å². The summed E-state index contributed by atoms with van der Waals surface area (Å²) >= 11 is 0. The van der Waals surface area contributed by atoms with Crippen LogP contribution in [0.25, 0.3) is 0 Å². The van der Waals surface area contributed by atoms with Crippen molar-refractivity contribution in [2.75, 3.05) is 13.1 Å². The van der Waals surface area contributed by atoms with Gasteiger partial charge in [0.1, 0.15) is 0 Å². The van der Waals surface area contributed by atoms with Gasteiger partial charge in [0.2, 0.25) is 10.0 Å². The number of hydrogen-bond donors (Lipinski definition) is 0. The van der Waals surface area contributed by atoms with Gasteiger partial charge in [0, 0.05) is 24.2 Å². The SMILES string of the molecule is Cc1ccc(S(=O)(=O)N(CC#Cc2ccc([N+](=O)[O-])cc2)CC2=CCCCC2O[Si](C)(C)C(C)(C)C)cc1. The van der Waals surface area contributed by atoms with Crippen molar-refractivity contribution in [1.82, 2.24) is 4.31 Å². The summed E-state index contributed by atoms with van der Waals surface area (Å²) in [5.41, 5.74) is 2.52. The zero-order chi connectivity index (χ0) is 28.1. The molecule has 7 nitrogen and oxygen atoms in total. The van der Waals surface area contributed by atoms with Gasteiger partial charge in [0.05, 0.1) is 22.5 Å². The third-order valence-corrected chi connectivity index (χ3v) is 13.6. The number of benzene rings is 2. The Hall–Kier alpha value is -2.77. The van der Waals surface area contributed by atoms with Crippen LogP contribution < -0.4 is 0 Å². The molecule has 0 N–H and O–H groups in total. The lowest BCUT2D eigenvalue weighted by molar-refractivity contribution is -0.384. The van der Waals surface area contributed by atoms with E-state index in [-0.39, 0.29) is 34.8 Å². The van der Waals surface area contributed by atoms with Crippen molar-refractivity contribution in [3.05, 3.63) is 81.4 Å². The number of non-ortho nitro benzene ring substituents is 1. The predicted octanol–water partition coefficient (Wildman–Crippen LogP) is 6.45. The number of nitrogens with zero attached hydrogens (tertiary/aromatic N) is 2. The molecule has 0 saturated heterocycles. The summed E-state index contributed by atoms with van der Waals surface area (Å²) in [6.07, 6.45) is 4.77. The standard InChI is InChI=1S/C29H38N2O5SSi/c1-23-13-19-27(20-14-23)37(34,35)30(21-9-10-24-15-17-26(18-16-24)31(32)33)22-25-11-7-8-12-28(25)36-38(5,6)29(2,3)4/h11,13-20,28H,7-8,12,21-22H2,1-6H3. The summed E-state index contributed by atoms with van der Waals surface area (Å²) < 4.78 is 35.7. The van der Waals surface area contributed by atoms with Crippen molar-refractivity contribution in [3.63, 3.8) is 0 Å². The number of sulfonamides is 1. The zero-order valence-corrected chi connectivity index (χ0v) is 25.0. The maximum absolute atomic E-state index is 13.8. The molecule has 0 saturated carbocycles. The summed E-state index contributed by atoms with van der Waals surface area (Å²) in [7, 11) is -5.90. The number of aryl methyl sites for hydroxylation is 1. The fourth-order valence-corrected chi connectivity index (χ4v) is 6.59. The topological polar surface area (TPSA) is 89.8 Å². The van der Waals surface area contributed by atoms with Crippen molar-refractivity contribution in [2.45, 2.75) is 76.1 Å². The lowest BCUT2D eigenvalue weighted by Gasteiger charge is -2.41. The minimum absolute atomic E-state index is 0.0165. The van der Waals surface area contributed by atoms with Gasteiger partial charge in [0.25, 0.3) is 5.69 Å². The molecule has 3 rings (SSSR count). The van der Waals surface area contributed by atoms with Crippen molar-refractivity contribution < 1.29 is 17.8 Å². The molecule has 0 aliphatic heterocycles. The smallest absolute Gasteiger partial charge is 0.269 e. The van der Waals surface area contributed by atoms with E-state index in [0.29, 0.717) is 5.56 Å². The lowest BCUT2D eigenvalue weighted by Crippen LogP contribution is -2.46. The quantitative estimate of drug-likeness (QED) is 0.123. The van der Waals surface area contributed by atoms with Crippen molar-refractivity contribution in [3.8, 4) is 11.8 Å². The van der Waals surface area contributed by atoms with Gasteiger partial charge in [-0.2, -0.15) is 4.31 Å². The average molecular weight is 555 g/mol. The Kier molecular flexibility index (Phi) is 9.37. The Bertz CT molecular complexity index is 1330. The second-order valence-corrected chi connectivity index (χ2v) is 18.0. The maximum Gasteiger partial charge on any atom is 0.269 e. The summed E-state index contributed by atoms with van der Waals surface area (Å²) in [5.74, 6) is 5.94. The molecule has 0 spiro atoms. The minimum Gasteiger partial charge on any atom is -0.410 e. The van der Waals surface area contributed by atoms with E-state index in [4.69, 9.17) is 4.43 Å². The third kappa shape index (κ3) is 7.41. The predicted molar refractivity (Wildman–Crippen MR) is 154 cm³/mol. The molecular formula is C29H38N2O5SSi. The highest BCUT2D eigenvalue weighted by Crippen LogP contribution is 2.39. The molecule has 1 aliphatic carbocycles. The molecule has 1 unspecified atom stereocenters. The van der Waals surface area contributed by atoms with E-state index >= 15 is 0 Å². The highest BCUT2D eigenvalue weighted by molar-refractivity contribution is 7.89. The number of allylic oxidation sites excluding steroid dienone is 1. The van der Waals surface area contributed by atoms with E-state index in [1.54, 1.807) is 36.4 Å². The number of rotatable bonds is 8. The number of nitro benzene ring substituents is 1.